The predicted octanol–water partition coefficient (Wildman–Crippen LogP) is 2.96. The minimum Gasteiger partial charge on any atom is -0.487 e. The van der Waals surface area contributed by atoms with Gasteiger partial charge in [-0.1, -0.05) is 21.8 Å². The number of rotatable bonds is 0. The van der Waals surface area contributed by atoms with E-state index >= 15 is 0 Å². The monoisotopic (exact) mass is 716 g/mol. The van der Waals surface area contributed by atoms with Crippen molar-refractivity contribution in [3.8, 4) is 0 Å². The zero-order valence-corrected chi connectivity index (χ0v) is 20.4. The van der Waals surface area contributed by atoms with Gasteiger partial charge in [-0.2, -0.15) is 6.42 Å². The minimum atomic E-state index is 0. The average Bonchev–Trinajstić information content (AvgIpc) is 2.20. The minimum absolute atomic E-state index is 0. The van der Waals surface area contributed by atoms with Crippen LogP contribution in [0.5, 0.6) is 0 Å². The summed E-state index contributed by atoms with van der Waals surface area (Å²) >= 11 is 0. The summed E-state index contributed by atoms with van der Waals surface area (Å²) in [5, 5.41) is 3.65. The first-order valence-electron chi connectivity index (χ1n) is 2.88. The van der Waals surface area contributed by atoms with E-state index < -0.39 is 0 Å². The predicted molar refractivity (Wildman–Crippen MR) is 56.4 cm³/mol. The molecule has 0 bridgehead atoms. The van der Waals surface area contributed by atoms with Crippen LogP contribution in [0.4, 0.5) is 0 Å². The second-order valence-corrected chi connectivity index (χ2v) is 1.53. The molecule has 0 saturated carbocycles. The van der Waals surface area contributed by atoms with Crippen LogP contribution in [0.2, 0.25) is 0 Å². The van der Waals surface area contributed by atoms with Crippen molar-refractivity contribution in [2.75, 3.05) is 0 Å². The van der Waals surface area contributed by atoms with Gasteiger partial charge >= 0.3 is 0 Å². The first-order valence-corrected chi connectivity index (χ1v) is 2.88. The molecule has 1 aromatic heterocycles. The molecule has 0 aliphatic heterocycles. The molecule has 0 saturated heterocycles. The van der Waals surface area contributed by atoms with E-state index in [1.54, 1.807) is 17.8 Å². The van der Waals surface area contributed by atoms with E-state index in [0.29, 0.717) is 0 Å². The summed E-state index contributed by atoms with van der Waals surface area (Å²) in [7, 11) is 1.80. The van der Waals surface area contributed by atoms with Crippen LogP contribution < -0.4 is 0 Å². The number of aryl methyl sites for hydroxylation is 1. The Bertz CT molecular complexity index is 139. The molecule has 0 amide bonds. The summed E-state index contributed by atoms with van der Waals surface area (Å²) in [6, 6.07) is 1.64. The molecule has 1 rings (SSSR count). The second kappa shape index (κ2) is 43.1. The molecule has 1 aromatic rings. The van der Waals surface area contributed by atoms with Gasteiger partial charge in [0, 0.05) is 108 Å². The Balaban J connectivity index is -0.0000000101. The van der Waals surface area contributed by atoms with Gasteiger partial charge in [0.25, 0.3) is 0 Å². The average molecular weight is 716 g/mol. The van der Waals surface area contributed by atoms with Crippen molar-refractivity contribution in [1.29, 1.82) is 0 Å². The summed E-state index contributed by atoms with van der Waals surface area (Å²) in [5.74, 6) is 0. The fraction of sp³-hybridized carbons (Fsp3) is 0.500. The second-order valence-electron chi connectivity index (χ2n) is 1.53. The third-order valence-electron chi connectivity index (χ3n) is 0.524. The van der Waals surface area contributed by atoms with Gasteiger partial charge in [-0.25, -0.2) is 0 Å². The molecule has 0 aromatic carbocycles. The maximum atomic E-state index is 3.65. The van der Waals surface area contributed by atoms with Crippen molar-refractivity contribution in [3.63, 3.8) is 0 Å². The Morgan fingerprint density at radius 2 is 1.56 bits per heavy atom. The van der Waals surface area contributed by atoms with Gasteiger partial charge < -0.3 is 42.6 Å². The van der Waals surface area contributed by atoms with Gasteiger partial charge in [0.2, 0.25) is 0 Å². The van der Waals surface area contributed by atoms with Crippen LogP contribution in [0, 0.1) is 26.7 Å². The van der Waals surface area contributed by atoms with Crippen molar-refractivity contribution in [3.05, 3.63) is 32.8 Å². The van der Waals surface area contributed by atoms with Crippen LogP contribution in [0.25, 0.3) is 0 Å². The van der Waals surface area contributed by atoms with E-state index in [-0.39, 0.29) is 130 Å². The zero-order chi connectivity index (χ0) is 7.11. The van der Waals surface area contributed by atoms with Crippen LogP contribution in [-0.2, 0) is 115 Å². The van der Waals surface area contributed by atoms with Gasteiger partial charge in [0.15, 0.2) is 0 Å². The van der Waals surface area contributed by atoms with Crippen LogP contribution >= 0.6 is 0 Å². The Hall–Kier alpha value is 2.79. The third-order valence-corrected chi connectivity index (χ3v) is 0.524. The fourth-order valence-electron chi connectivity index (χ4n) is 0.267. The molecule has 6 heteroatoms. The first-order chi connectivity index (χ1) is 4.31. The molecule has 2 radical (unpaired) electrons. The maximum absolute atomic E-state index is 3.65. The molecular formula is C10H22N2W2Y2-4. The van der Waals surface area contributed by atoms with Gasteiger partial charge in [-0.15, -0.1) is 0 Å². The third kappa shape index (κ3) is 43.7. The molecule has 0 unspecified atom stereocenters. The number of hydrogen-bond donors (Lipinski definition) is 0. The number of nitrogens with zero attached hydrogens (tertiary/aromatic N) is 2. The SMILES string of the molecule is C.C.Cn1[c-]c[c-]n1.[CH2-]CC.[CH3-].[W].[W].[Y].[Y]. The van der Waals surface area contributed by atoms with E-state index in [9.17, 15) is 0 Å². The molecule has 2 nitrogen and oxygen atoms in total. The standard InChI is InChI=1S/C4H4N2.C3H7.2CH4.CH3.2W.2Y/c1-6-4-2-3-5-6;1-3-2;;;;;;;/h2H,1H3;1,3H2,2H3;2*1H4;1H3;;;;/q-2;-1;;;-1;;;;. The number of aromatic nitrogens is 2. The molecule has 0 aliphatic rings. The van der Waals surface area contributed by atoms with Crippen molar-refractivity contribution in [2.24, 2.45) is 7.05 Å². The summed E-state index contributed by atoms with van der Waals surface area (Å²) in [6.45, 7) is 5.50. The molecule has 1 heterocycles. The fourth-order valence-corrected chi connectivity index (χ4v) is 0.267. The van der Waals surface area contributed by atoms with Gasteiger partial charge in [0.1, 0.15) is 0 Å². The van der Waals surface area contributed by atoms with E-state index in [2.05, 4.69) is 24.4 Å². The molecule has 0 atom stereocenters. The first kappa shape index (κ1) is 51.1. The van der Waals surface area contributed by atoms with E-state index in [1.165, 1.54) is 0 Å². The Morgan fingerprint density at radius 3 is 1.62 bits per heavy atom. The zero-order valence-electron chi connectivity index (χ0n) is 8.86. The largest absolute Gasteiger partial charge is 0.487 e. The van der Waals surface area contributed by atoms with Crippen molar-refractivity contribution in [1.82, 2.24) is 9.78 Å². The van der Waals surface area contributed by atoms with Crippen molar-refractivity contribution in [2.45, 2.75) is 28.2 Å². The number of hydrogen-bond acceptors (Lipinski definition) is 1. The smallest absolute Gasteiger partial charge is 0 e. The molecule has 0 N–H and O–H groups in total. The molecule has 0 spiro atoms. The Labute approximate surface area is 182 Å². The van der Waals surface area contributed by atoms with E-state index in [0.717, 1.165) is 6.42 Å². The van der Waals surface area contributed by atoms with Gasteiger partial charge in [-0.3, -0.25) is 0 Å². The van der Waals surface area contributed by atoms with E-state index in [4.69, 9.17) is 0 Å². The van der Waals surface area contributed by atoms with Crippen molar-refractivity contribution >= 4 is 0 Å². The molecule has 16 heavy (non-hydrogen) atoms. The Morgan fingerprint density at radius 1 is 1.25 bits per heavy atom. The molecule has 0 fully saturated rings. The van der Waals surface area contributed by atoms with Crippen LogP contribution in [-0.4, -0.2) is 9.78 Å². The molecule has 94 valence electrons. The molecule has 0 aliphatic carbocycles. The van der Waals surface area contributed by atoms with Crippen molar-refractivity contribution < 1.29 is 108 Å². The summed E-state index contributed by atoms with van der Waals surface area (Å²) in [5.41, 5.74) is 0. The topological polar surface area (TPSA) is 17.8 Å². The summed E-state index contributed by atoms with van der Waals surface area (Å²) in [4.78, 5) is 0. The van der Waals surface area contributed by atoms with Gasteiger partial charge in [0.05, 0.1) is 0 Å². The summed E-state index contributed by atoms with van der Waals surface area (Å²) < 4.78 is 1.57. The van der Waals surface area contributed by atoms with Crippen LogP contribution in [0.1, 0.15) is 28.2 Å². The summed E-state index contributed by atoms with van der Waals surface area (Å²) in [6.07, 6.45) is 6.34. The quantitative estimate of drug-likeness (QED) is 0.379. The van der Waals surface area contributed by atoms with Gasteiger partial charge in [-0.05, 0) is 7.05 Å². The molecular weight excluding hydrogens is 694 g/mol. The normalized spacial score (nSPS) is 4.44. The maximum Gasteiger partial charge on any atom is 0 e. The Kier molecular flexibility index (Phi) is 137. The van der Waals surface area contributed by atoms with E-state index in [1.807, 2.05) is 6.92 Å². The van der Waals surface area contributed by atoms with Crippen LogP contribution in [0.3, 0.4) is 0 Å². The van der Waals surface area contributed by atoms with Crippen LogP contribution in [0.15, 0.2) is 6.07 Å².